The molecule has 0 aromatic rings. The lowest BCUT2D eigenvalue weighted by atomic mass is 10.2. The van der Waals surface area contributed by atoms with E-state index in [1.54, 1.807) is 0 Å². The third-order valence-electron chi connectivity index (χ3n) is 1.28. The van der Waals surface area contributed by atoms with E-state index < -0.39 is 11.9 Å². The second-order valence-corrected chi connectivity index (χ2v) is 2.77. The summed E-state index contributed by atoms with van der Waals surface area (Å²) in [5.41, 5.74) is 0. The smallest absolute Gasteiger partial charge is 0.307 e. The van der Waals surface area contributed by atoms with Crippen molar-refractivity contribution in [2.75, 3.05) is 0 Å². The molecule has 0 aliphatic carbocycles. The van der Waals surface area contributed by atoms with Crippen LogP contribution in [0.3, 0.4) is 0 Å². The lowest BCUT2D eigenvalue weighted by Crippen LogP contribution is -1.97. The fourth-order valence-electron chi connectivity index (χ4n) is 0.670. The number of carboxylic acid groups (broad SMARTS) is 2. The topological polar surface area (TPSA) is 101 Å². The summed E-state index contributed by atoms with van der Waals surface area (Å²) in [6.45, 7) is 4.48. The molecule has 0 unspecified atom stereocenters. The molecule has 0 spiro atoms. The van der Waals surface area contributed by atoms with Gasteiger partial charge in [-0.25, -0.2) is 0 Å². The molecule has 0 saturated heterocycles. The van der Waals surface area contributed by atoms with E-state index in [0.29, 0.717) is 12.8 Å². The molecule has 2 N–H and O–H groups in total. The van der Waals surface area contributed by atoms with E-state index in [2.05, 4.69) is 11.3 Å². The highest BCUT2D eigenvalue weighted by molar-refractivity contribution is 5.68. The number of rotatable bonds is 6. The van der Waals surface area contributed by atoms with Gasteiger partial charge in [0.25, 0.3) is 0 Å². The van der Waals surface area contributed by atoms with E-state index in [0.717, 1.165) is 6.26 Å². The third-order valence-corrected chi connectivity index (χ3v) is 1.28. The number of ether oxygens (including phenoxy) is 1. The van der Waals surface area contributed by atoms with Gasteiger partial charge in [-0.05, 0) is 12.8 Å². The maximum absolute atomic E-state index is 9.90. The Morgan fingerprint density at radius 3 is 1.62 bits per heavy atom. The van der Waals surface area contributed by atoms with Crippen LogP contribution in [0.25, 0.3) is 0 Å². The predicted octanol–water partition coefficient (Wildman–Crippen LogP) is 1.41. The number of hydrogen-bond donors (Lipinski definition) is 2. The second-order valence-electron chi connectivity index (χ2n) is 2.77. The van der Waals surface area contributed by atoms with Gasteiger partial charge in [0.2, 0.25) is 0 Å². The second kappa shape index (κ2) is 11.2. The molecule has 0 aromatic carbocycles. The van der Waals surface area contributed by atoms with Crippen LogP contribution in [0.5, 0.6) is 0 Å². The van der Waals surface area contributed by atoms with E-state index in [1.807, 2.05) is 0 Å². The van der Waals surface area contributed by atoms with Crippen molar-refractivity contribution in [3.8, 4) is 0 Å². The fraction of sp³-hybridized carbons (Fsp3) is 0.500. The average Bonchev–Trinajstić information content (AvgIpc) is 2.12. The van der Waals surface area contributed by atoms with Gasteiger partial charge in [0.15, 0.2) is 0 Å². The molecule has 92 valence electrons. The Morgan fingerprint density at radius 1 is 1.12 bits per heavy atom. The molecule has 0 aliphatic heterocycles. The van der Waals surface area contributed by atoms with Crippen molar-refractivity contribution in [2.24, 2.45) is 0 Å². The van der Waals surface area contributed by atoms with Crippen molar-refractivity contribution < 1.29 is 29.3 Å². The molecule has 6 heteroatoms. The molecule has 6 nitrogen and oxygen atoms in total. The highest BCUT2D eigenvalue weighted by atomic mass is 16.5. The molecule has 0 saturated carbocycles. The van der Waals surface area contributed by atoms with Crippen LogP contribution in [-0.2, 0) is 19.1 Å². The summed E-state index contributed by atoms with van der Waals surface area (Å²) < 4.78 is 4.17. The highest BCUT2D eigenvalue weighted by Crippen LogP contribution is 1.98. The molecule has 0 fully saturated rings. The molecular weight excluding hydrogens is 216 g/mol. The molecule has 0 radical (unpaired) electrons. The fourth-order valence-corrected chi connectivity index (χ4v) is 0.670. The van der Waals surface area contributed by atoms with Gasteiger partial charge in [-0.1, -0.05) is 6.58 Å². The molecule has 0 atom stereocenters. The van der Waals surface area contributed by atoms with E-state index in [4.69, 9.17) is 10.2 Å². The zero-order valence-corrected chi connectivity index (χ0v) is 9.14. The van der Waals surface area contributed by atoms with E-state index >= 15 is 0 Å². The van der Waals surface area contributed by atoms with Crippen LogP contribution in [0, 0.1) is 0 Å². The molecule has 0 heterocycles. The number of carbonyl (C=O) groups excluding carboxylic acids is 1. The van der Waals surface area contributed by atoms with Crippen LogP contribution < -0.4 is 0 Å². The lowest BCUT2D eigenvalue weighted by molar-refractivity contribution is -0.139. The number of carboxylic acids is 2. The largest absolute Gasteiger partial charge is 0.481 e. The molecule has 0 amide bonds. The maximum Gasteiger partial charge on any atom is 0.307 e. The Labute approximate surface area is 93.5 Å². The van der Waals surface area contributed by atoms with Crippen molar-refractivity contribution in [1.82, 2.24) is 0 Å². The number of carbonyl (C=O) groups is 3. The van der Waals surface area contributed by atoms with Crippen molar-refractivity contribution in [3.05, 3.63) is 12.8 Å². The van der Waals surface area contributed by atoms with Gasteiger partial charge in [-0.3, -0.25) is 14.4 Å². The van der Waals surface area contributed by atoms with Crippen LogP contribution in [-0.4, -0.2) is 28.1 Å². The van der Waals surface area contributed by atoms with Gasteiger partial charge in [0.1, 0.15) is 0 Å². The van der Waals surface area contributed by atoms with Gasteiger partial charge in [-0.2, -0.15) is 0 Å². The number of aliphatic carboxylic acids is 2. The van der Waals surface area contributed by atoms with Crippen LogP contribution in [0.1, 0.15) is 32.6 Å². The van der Waals surface area contributed by atoms with E-state index in [1.165, 1.54) is 6.92 Å². The van der Waals surface area contributed by atoms with Gasteiger partial charge in [0, 0.05) is 19.8 Å². The molecule has 16 heavy (non-hydrogen) atoms. The minimum atomic E-state index is -0.870. The van der Waals surface area contributed by atoms with Crippen molar-refractivity contribution >= 4 is 17.9 Å². The average molecular weight is 232 g/mol. The summed E-state index contributed by atoms with van der Waals surface area (Å²) in [6, 6.07) is 0. The summed E-state index contributed by atoms with van der Waals surface area (Å²) in [7, 11) is 0. The number of unbranched alkanes of at least 4 members (excludes halogenated alkanes) is 1. The first-order valence-electron chi connectivity index (χ1n) is 4.61. The Kier molecular flexibility index (Phi) is 11.6. The maximum atomic E-state index is 9.90. The number of hydrogen-bond acceptors (Lipinski definition) is 4. The predicted molar refractivity (Wildman–Crippen MR) is 55.7 cm³/mol. The molecular formula is C10H16O6. The summed E-state index contributed by atoms with van der Waals surface area (Å²) in [5, 5.41) is 16.3. The first-order chi connectivity index (χ1) is 7.40. The lowest BCUT2D eigenvalue weighted by Gasteiger charge is -1.92. The van der Waals surface area contributed by atoms with Crippen LogP contribution in [0.4, 0.5) is 0 Å². The first kappa shape index (κ1) is 16.6. The standard InChI is InChI=1S/C6H10O4.C4H6O2/c7-5(8)3-1-2-4-6(9)10;1-3-6-4(2)5/h1-4H2,(H,7,8)(H,9,10);3H,1H2,2H3. The van der Waals surface area contributed by atoms with E-state index in [9.17, 15) is 14.4 Å². The highest BCUT2D eigenvalue weighted by Gasteiger charge is 1.99. The van der Waals surface area contributed by atoms with Gasteiger partial charge in [0.05, 0.1) is 6.26 Å². The summed E-state index contributed by atoms with van der Waals surface area (Å²) in [5.74, 6) is -2.07. The quantitative estimate of drug-likeness (QED) is 0.408. The third kappa shape index (κ3) is 22.7. The monoisotopic (exact) mass is 232 g/mol. The minimum absolute atomic E-state index is 0.0628. The van der Waals surface area contributed by atoms with Crippen molar-refractivity contribution in [2.45, 2.75) is 32.6 Å². The summed E-state index contributed by atoms with van der Waals surface area (Å²) >= 11 is 0. The van der Waals surface area contributed by atoms with Gasteiger partial charge >= 0.3 is 17.9 Å². The Morgan fingerprint density at radius 2 is 1.50 bits per heavy atom. The SMILES string of the molecule is C=COC(C)=O.O=C(O)CCCCC(=O)O. The number of esters is 1. The normalized spacial score (nSPS) is 8.31. The minimum Gasteiger partial charge on any atom is -0.481 e. The van der Waals surface area contributed by atoms with Crippen LogP contribution in [0.15, 0.2) is 12.8 Å². The first-order valence-corrected chi connectivity index (χ1v) is 4.61. The van der Waals surface area contributed by atoms with Crippen LogP contribution >= 0.6 is 0 Å². The van der Waals surface area contributed by atoms with Gasteiger partial charge in [-0.15, -0.1) is 0 Å². The zero-order chi connectivity index (χ0) is 13.0. The molecule has 0 bridgehead atoms. The summed E-state index contributed by atoms with van der Waals surface area (Å²) in [4.78, 5) is 29.5. The Hall–Kier alpha value is -1.85. The Balaban J connectivity index is 0. The Bertz CT molecular complexity index is 230. The van der Waals surface area contributed by atoms with E-state index in [-0.39, 0.29) is 18.8 Å². The van der Waals surface area contributed by atoms with Crippen LogP contribution in [0.2, 0.25) is 0 Å². The summed E-state index contributed by atoms with van der Waals surface area (Å²) in [6.07, 6.45) is 2.12. The molecule has 0 aliphatic rings. The van der Waals surface area contributed by atoms with Gasteiger partial charge < -0.3 is 14.9 Å². The molecule has 0 aromatic heterocycles. The zero-order valence-electron chi connectivity index (χ0n) is 9.14. The van der Waals surface area contributed by atoms with Crippen molar-refractivity contribution in [1.29, 1.82) is 0 Å². The van der Waals surface area contributed by atoms with Crippen molar-refractivity contribution in [3.63, 3.8) is 0 Å². The molecule has 0 rings (SSSR count).